The van der Waals surface area contributed by atoms with Gasteiger partial charge in [-0.3, -0.25) is 14.4 Å². The van der Waals surface area contributed by atoms with Crippen LogP contribution in [0, 0.1) is 0 Å². The van der Waals surface area contributed by atoms with E-state index in [0.29, 0.717) is 11.3 Å². The molecular formula is C41H63N3O6S. The van der Waals surface area contributed by atoms with Gasteiger partial charge in [0.2, 0.25) is 11.8 Å². The molecule has 3 atom stereocenters. The van der Waals surface area contributed by atoms with E-state index in [1.54, 1.807) is 31.2 Å². The molecule has 2 amide bonds. The summed E-state index contributed by atoms with van der Waals surface area (Å²) < 4.78 is 10.6. The van der Waals surface area contributed by atoms with E-state index >= 15 is 0 Å². The maximum atomic E-state index is 13.7. The monoisotopic (exact) mass is 725 g/mol. The number of rotatable bonds is 29. The lowest BCUT2D eigenvalue weighted by molar-refractivity contribution is -0.148. The molecule has 0 radical (unpaired) electrons. The lowest BCUT2D eigenvalue weighted by Crippen LogP contribution is -2.50. The Kier molecular flexibility index (Phi) is 24.3. The van der Waals surface area contributed by atoms with E-state index in [0.717, 1.165) is 24.8 Å². The predicted octanol–water partition coefficient (Wildman–Crippen LogP) is 7.96. The molecule has 0 saturated carbocycles. The average molecular weight is 726 g/mol. The number of unbranched alkanes of at least 4 members (excludes halogenated alkanes) is 13. The number of nitrogens with two attached hydrogens (primary N) is 1. The van der Waals surface area contributed by atoms with Gasteiger partial charge in [-0.2, -0.15) is 11.8 Å². The highest BCUT2D eigenvalue weighted by Crippen LogP contribution is 2.18. The molecule has 2 aromatic rings. The molecule has 4 N–H and O–H groups in total. The van der Waals surface area contributed by atoms with Gasteiger partial charge in [0, 0.05) is 17.9 Å². The minimum atomic E-state index is -1.03. The number of benzene rings is 2. The first-order chi connectivity index (χ1) is 24.8. The number of nitrogens with one attached hydrogen (secondary N) is 2. The molecule has 10 heteroatoms. The van der Waals surface area contributed by atoms with E-state index in [2.05, 4.69) is 17.6 Å². The fourth-order valence-corrected chi connectivity index (χ4v) is 6.71. The van der Waals surface area contributed by atoms with E-state index in [9.17, 15) is 19.2 Å². The molecular weight excluding hydrogens is 663 g/mol. The molecule has 284 valence electrons. The van der Waals surface area contributed by atoms with Crippen LogP contribution >= 0.6 is 11.8 Å². The molecule has 2 rings (SSSR count). The highest BCUT2D eigenvalue weighted by atomic mass is 32.2. The maximum absolute atomic E-state index is 13.7. The van der Waals surface area contributed by atoms with Gasteiger partial charge in [-0.05, 0) is 30.9 Å². The standard InChI is InChI=1S/C41H63N3O6S/c1-3-5-6-7-8-9-10-11-12-13-14-15-16-23-30-50-41(48)38(34-26-21-18-22-27-34)44-39(46)36(32-51-31-33-24-19-17-20-25-33)43-37(45)29-28-35(42)40(47)49-4-2/h17-22,24-27,35-36,38H,3-16,23,28-32,42H2,1-2H3,(H,43,45)(H,44,46). The first-order valence-electron chi connectivity index (χ1n) is 19.2. The van der Waals surface area contributed by atoms with E-state index in [4.69, 9.17) is 15.2 Å². The second-order valence-corrected chi connectivity index (χ2v) is 14.2. The van der Waals surface area contributed by atoms with Crippen molar-refractivity contribution in [3.05, 3.63) is 71.8 Å². The number of carbonyl (C=O) groups is 4. The fourth-order valence-electron chi connectivity index (χ4n) is 5.69. The van der Waals surface area contributed by atoms with E-state index in [1.807, 2.05) is 36.4 Å². The van der Waals surface area contributed by atoms with E-state index in [1.165, 1.54) is 82.4 Å². The third-order valence-corrected chi connectivity index (χ3v) is 9.82. The second kappa shape index (κ2) is 28.2. The molecule has 9 nitrogen and oxygen atoms in total. The van der Waals surface area contributed by atoms with Gasteiger partial charge >= 0.3 is 11.9 Å². The molecule has 0 heterocycles. The van der Waals surface area contributed by atoms with Gasteiger partial charge in [0.1, 0.15) is 12.1 Å². The van der Waals surface area contributed by atoms with E-state index in [-0.39, 0.29) is 31.8 Å². The predicted molar refractivity (Wildman–Crippen MR) is 207 cm³/mol. The fraction of sp³-hybridized carbons (Fsp3) is 0.610. The number of thioether (sulfide) groups is 1. The zero-order valence-corrected chi connectivity index (χ0v) is 31.9. The van der Waals surface area contributed by atoms with Crippen molar-refractivity contribution in [1.29, 1.82) is 0 Å². The van der Waals surface area contributed by atoms with E-state index < -0.39 is 41.9 Å². The molecule has 0 spiro atoms. The van der Waals surface area contributed by atoms with Gasteiger partial charge in [-0.1, -0.05) is 151 Å². The molecule has 0 aliphatic rings. The van der Waals surface area contributed by atoms with Crippen molar-refractivity contribution in [1.82, 2.24) is 10.6 Å². The Morgan fingerprint density at radius 1 is 0.686 bits per heavy atom. The van der Waals surface area contributed by atoms with Gasteiger partial charge in [-0.25, -0.2) is 4.79 Å². The number of esters is 2. The van der Waals surface area contributed by atoms with Crippen LogP contribution in [-0.4, -0.2) is 54.8 Å². The number of hydrogen-bond acceptors (Lipinski definition) is 8. The van der Waals surface area contributed by atoms with Crippen LogP contribution < -0.4 is 16.4 Å². The van der Waals surface area contributed by atoms with Gasteiger partial charge in [0.05, 0.1) is 13.2 Å². The Morgan fingerprint density at radius 2 is 1.24 bits per heavy atom. The highest BCUT2D eigenvalue weighted by Gasteiger charge is 2.29. The Labute approximate surface area is 311 Å². The van der Waals surface area contributed by atoms with Crippen molar-refractivity contribution in [3.63, 3.8) is 0 Å². The summed E-state index contributed by atoms with van der Waals surface area (Å²) in [6, 6.07) is 15.9. The van der Waals surface area contributed by atoms with Crippen LogP contribution in [0.4, 0.5) is 0 Å². The van der Waals surface area contributed by atoms with Crippen LogP contribution in [0.25, 0.3) is 0 Å². The number of ether oxygens (including phenoxy) is 2. The molecule has 2 aromatic carbocycles. The first-order valence-corrected chi connectivity index (χ1v) is 20.4. The summed E-state index contributed by atoms with van der Waals surface area (Å²) in [4.78, 5) is 51.9. The molecule has 0 aliphatic carbocycles. The number of hydrogen-bond donors (Lipinski definition) is 3. The molecule has 3 unspecified atom stereocenters. The van der Waals surface area contributed by atoms with Gasteiger partial charge in [-0.15, -0.1) is 0 Å². The minimum Gasteiger partial charge on any atom is -0.465 e. The highest BCUT2D eigenvalue weighted by molar-refractivity contribution is 7.98. The summed E-state index contributed by atoms with van der Waals surface area (Å²) in [7, 11) is 0. The van der Waals surface area contributed by atoms with Crippen LogP contribution in [0.2, 0.25) is 0 Å². The third kappa shape index (κ3) is 20.3. The zero-order valence-electron chi connectivity index (χ0n) is 31.1. The number of amides is 2. The largest absolute Gasteiger partial charge is 0.465 e. The van der Waals surface area contributed by atoms with Crippen LogP contribution in [0.1, 0.15) is 134 Å². The Morgan fingerprint density at radius 3 is 1.80 bits per heavy atom. The molecule has 0 saturated heterocycles. The lowest BCUT2D eigenvalue weighted by atomic mass is 10.0. The van der Waals surface area contributed by atoms with Crippen molar-refractivity contribution >= 4 is 35.5 Å². The Hall–Kier alpha value is -3.37. The van der Waals surface area contributed by atoms with Gasteiger partial charge in [0.15, 0.2) is 6.04 Å². The zero-order chi connectivity index (χ0) is 36.9. The van der Waals surface area contributed by atoms with Crippen LogP contribution in [0.5, 0.6) is 0 Å². The van der Waals surface area contributed by atoms with Crippen molar-refractivity contribution in [2.45, 2.75) is 140 Å². The summed E-state index contributed by atoms with van der Waals surface area (Å²) in [5, 5.41) is 5.64. The molecule has 0 bridgehead atoms. The van der Waals surface area contributed by atoms with Crippen LogP contribution in [0.3, 0.4) is 0 Å². The maximum Gasteiger partial charge on any atom is 0.333 e. The van der Waals surface area contributed by atoms with Crippen LogP contribution in [0.15, 0.2) is 60.7 Å². The Balaban J connectivity index is 1.87. The van der Waals surface area contributed by atoms with Crippen molar-refractivity contribution in [3.8, 4) is 0 Å². The quantitative estimate of drug-likeness (QED) is 0.0568. The third-order valence-electron chi connectivity index (χ3n) is 8.72. The average Bonchev–Trinajstić information content (AvgIpc) is 3.14. The summed E-state index contributed by atoms with van der Waals surface area (Å²) in [5.74, 6) is -1.13. The van der Waals surface area contributed by atoms with Gasteiger partial charge < -0.3 is 25.8 Å². The van der Waals surface area contributed by atoms with Crippen molar-refractivity contribution < 1.29 is 28.7 Å². The Bertz CT molecular complexity index is 1230. The topological polar surface area (TPSA) is 137 Å². The lowest BCUT2D eigenvalue weighted by Gasteiger charge is -2.23. The minimum absolute atomic E-state index is 0.0591. The van der Waals surface area contributed by atoms with Gasteiger partial charge in [0.25, 0.3) is 0 Å². The molecule has 0 aliphatic heterocycles. The van der Waals surface area contributed by atoms with Crippen molar-refractivity contribution in [2.24, 2.45) is 5.73 Å². The van der Waals surface area contributed by atoms with Crippen LogP contribution in [-0.2, 0) is 34.4 Å². The summed E-state index contributed by atoms with van der Waals surface area (Å²) in [6.45, 7) is 4.42. The molecule has 0 fully saturated rings. The molecule has 51 heavy (non-hydrogen) atoms. The normalized spacial score (nSPS) is 12.8. The SMILES string of the molecule is CCCCCCCCCCCCCCCCOC(=O)C(NC(=O)C(CSCc1ccccc1)NC(=O)CCC(N)C(=O)OCC)c1ccccc1. The molecule has 0 aromatic heterocycles. The summed E-state index contributed by atoms with van der Waals surface area (Å²) in [5.41, 5.74) is 7.56. The first kappa shape index (κ1) is 43.8. The summed E-state index contributed by atoms with van der Waals surface area (Å²) >= 11 is 1.49. The summed E-state index contributed by atoms with van der Waals surface area (Å²) in [6.07, 6.45) is 17.4. The number of carbonyl (C=O) groups excluding carboxylic acids is 4. The smallest absolute Gasteiger partial charge is 0.333 e. The van der Waals surface area contributed by atoms with Crippen molar-refractivity contribution in [2.75, 3.05) is 19.0 Å². The second-order valence-electron chi connectivity index (χ2n) is 13.1.